The summed E-state index contributed by atoms with van der Waals surface area (Å²) in [6.07, 6.45) is 1.18. The molecular formula is C18H14FNO4. The van der Waals surface area contributed by atoms with E-state index >= 15 is 0 Å². The van der Waals surface area contributed by atoms with Crippen LogP contribution >= 0.6 is 0 Å². The summed E-state index contributed by atoms with van der Waals surface area (Å²) in [5.41, 5.74) is -0.173. The molecule has 0 spiro atoms. The Morgan fingerprint density at radius 1 is 1.21 bits per heavy atom. The molecule has 1 N–H and O–H groups in total. The van der Waals surface area contributed by atoms with Gasteiger partial charge in [-0.1, -0.05) is 18.2 Å². The summed E-state index contributed by atoms with van der Waals surface area (Å²) in [6, 6.07) is 11.2. The zero-order valence-corrected chi connectivity index (χ0v) is 12.8. The lowest BCUT2D eigenvalue weighted by molar-refractivity contribution is 0.0695. The zero-order valence-electron chi connectivity index (χ0n) is 12.8. The first kappa shape index (κ1) is 15.7. The molecule has 0 aliphatic carbocycles. The molecule has 0 aliphatic rings. The van der Waals surface area contributed by atoms with Gasteiger partial charge in [-0.25, -0.2) is 9.18 Å². The number of carbonyl (C=O) groups is 1. The highest BCUT2D eigenvalue weighted by Gasteiger charge is 2.16. The Kier molecular flexibility index (Phi) is 4.04. The molecule has 122 valence electrons. The van der Waals surface area contributed by atoms with Crippen molar-refractivity contribution in [2.75, 3.05) is 7.11 Å². The summed E-state index contributed by atoms with van der Waals surface area (Å²) >= 11 is 0. The highest BCUT2D eigenvalue weighted by molar-refractivity contribution is 5.92. The van der Waals surface area contributed by atoms with Crippen molar-refractivity contribution in [2.24, 2.45) is 0 Å². The van der Waals surface area contributed by atoms with Gasteiger partial charge in [0, 0.05) is 18.1 Å². The van der Waals surface area contributed by atoms with Crippen molar-refractivity contribution in [2.45, 2.75) is 6.54 Å². The number of methoxy groups -OCH3 is 1. The van der Waals surface area contributed by atoms with Gasteiger partial charge in [0.05, 0.1) is 12.6 Å². The molecule has 5 nitrogen and oxygen atoms in total. The number of carboxylic acid groups (broad SMARTS) is 1. The minimum atomic E-state index is -1.34. The van der Waals surface area contributed by atoms with E-state index in [1.54, 1.807) is 31.4 Å². The van der Waals surface area contributed by atoms with Crippen LogP contribution in [-0.4, -0.2) is 22.8 Å². The molecule has 2 aromatic carbocycles. The second-order valence-electron chi connectivity index (χ2n) is 5.29. The van der Waals surface area contributed by atoms with Gasteiger partial charge in [0.1, 0.15) is 17.1 Å². The second kappa shape index (κ2) is 6.16. The van der Waals surface area contributed by atoms with Crippen LogP contribution in [-0.2, 0) is 6.54 Å². The number of carboxylic acids is 1. The Morgan fingerprint density at radius 2 is 1.92 bits per heavy atom. The van der Waals surface area contributed by atoms with Crippen LogP contribution in [0.15, 0.2) is 53.5 Å². The largest absolute Gasteiger partial charge is 0.497 e. The van der Waals surface area contributed by atoms with E-state index in [-0.39, 0.29) is 23.0 Å². The van der Waals surface area contributed by atoms with Gasteiger partial charge in [-0.3, -0.25) is 4.79 Å². The molecular weight excluding hydrogens is 313 g/mol. The molecule has 1 heterocycles. The fourth-order valence-electron chi connectivity index (χ4n) is 2.62. The van der Waals surface area contributed by atoms with Crippen molar-refractivity contribution in [1.29, 1.82) is 0 Å². The summed E-state index contributed by atoms with van der Waals surface area (Å²) in [5.74, 6) is -1.23. The third kappa shape index (κ3) is 2.74. The number of para-hydroxylation sites is 1. The molecule has 0 amide bonds. The van der Waals surface area contributed by atoms with E-state index in [2.05, 4.69) is 0 Å². The number of benzene rings is 2. The van der Waals surface area contributed by atoms with E-state index in [0.29, 0.717) is 5.75 Å². The van der Waals surface area contributed by atoms with Crippen molar-refractivity contribution in [3.05, 3.63) is 75.8 Å². The zero-order chi connectivity index (χ0) is 17.3. The van der Waals surface area contributed by atoms with Gasteiger partial charge in [0.2, 0.25) is 5.43 Å². The maximum Gasteiger partial charge on any atom is 0.341 e. The molecule has 0 atom stereocenters. The van der Waals surface area contributed by atoms with Crippen molar-refractivity contribution < 1.29 is 19.0 Å². The highest BCUT2D eigenvalue weighted by Crippen LogP contribution is 2.19. The Bertz CT molecular complexity index is 977. The van der Waals surface area contributed by atoms with Crippen LogP contribution in [0.4, 0.5) is 4.39 Å². The van der Waals surface area contributed by atoms with Crippen LogP contribution in [0.3, 0.4) is 0 Å². The van der Waals surface area contributed by atoms with Crippen molar-refractivity contribution in [3.8, 4) is 5.75 Å². The molecule has 3 rings (SSSR count). The molecule has 1 aromatic heterocycles. The summed E-state index contributed by atoms with van der Waals surface area (Å²) in [6.45, 7) is 0.224. The molecule has 24 heavy (non-hydrogen) atoms. The monoisotopic (exact) mass is 327 g/mol. The quantitative estimate of drug-likeness (QED) is 0.800. The molecule has 0 aliphatic heterocycles. The van der Waals surface area contributed by atoms with Crippen LogP contribution in [0.2, 0.25) is 0 Å². The Balaban J connectivity index is 2.20. The van der Waals surface area contributed by atoms with Gasteiger partial charge in [-0.05, 0) is 29.8 Å². The van der Waals surface area contributed by atoms with E-state index in [1.807, 2.05) is 0 Å². The summed E-state index contributed by atoms with van der Waals surface area (Å²) < 4.78 is 20.8. The van der Waals surface area contributed by atoms with Gasteiger partial charge < -0.3 is 14.4 Å². The lowest BCUT2D eigenvalue weighted by Crippen LogP contribution is -2.19. The standard InChI is InChI=1S/C18H14FNO4/c1-24-12-7-5-11(6-8-12)9-20-10-14(18(22)23)17(21)13-3-2-4-15(19)16(13)20/h2-8,10H,9H2,1H3,(H,22,23). The van der Waals surface area contributed by atoms with Crippen LogP contribution in [0.25, 0.3) is 10.9 Å². The number of hydrogen-bond acceptors (Lipinski definition) is 3. The maximum atomic E-state index is 14.3. The third-order valence-corrected chi connectivity index (χ3v) is 3.79. The minimum Gasteiger partial charge on any atom is -0.497 e. The summed E-state index contributed by atoms with van der Waals surface area (Å²) in [7, 11) is 1.55. The lowest BCUT2D eigenvalue weighted by atomic mass is 10.1. The number of ether oxygens (including phenoxy) is 1. The lowest BCUT2D eigenvalue weighted by Gasteiger charge is -2.13. The first-order valence-corrected chi connectivity index (χ1v) is 7.19. The number of fused-ring (bicyclic) bond motifs is 1. The number of pyridine rings is 1. The fraction of sp³-hybridized carbons (Fsp3) is 0.111. The molecule has 0 fully saturated rings. The van der Waals surface area contributed by atoms with Crippen molar-refractivity contribution in [3.63, 3.8) is 0 Å². The number of halogens is 1. The smallest absolute Gasteiger partial charge is 0.341 e. The normalized spacial score (nSPS) is 10.8. The van der Waals surface area contributed by atoms with E-state index in [1.165, 1.54) is 29.0 Å². The van der Waals surface area contributed by atoms with Crippen LogP contribution in [0.5, 0.6) is 5.75 Å². The molecule has 6 heteroatoms. The van der Waals surface area contributed by atoms with E-state index in [0.717, 1.165) is 5.56 Å². The highest BCUT2D eigenvalue weighted by atomic mass is 19.1. The molecule has 0 radical (unpaired) electrons. The predicted molar refractivity (Wildman–Crippen MR) is 87.2 cm³/mol. The number of nitrogens with zero attached hydrogens (tertiary/aromatic N) is 1. The maximum absolute atomic E-state index is 14.3. The minimum absolute atomic E-state index is 0.0448. The van der Waals surface area contributed by atoms with Crippen molar-refractivity contribution in [1.82, 2.24) is 4.57 Å². The average molecular weight is 327 g/mol. The summed E-state index contributed by atoms with van der Waals surface area (Å²) in [5, 5.41) is 9.27. The molecule has 0 unspecified atom stereocenters. The predicted octanol–water partition coefficient (Wildman–Crippen LogP) is 2.90. The van der Waals surface area contributed by atoms with Gasteiger partial charge in [-0.2, -0.15) is 0 Å². The fourth-order valence-corrected chi connectivity index (χ4v) is 2.62. The molecule has 0 bridgehead atoms. The molecule has 0 saturated carbocycles. The van der Waals surface area contributed by atoms with Gasteiger partial charge >= 0.3 is 5.97 Å². The topological polar surface area (TPSA) is 68.5 Å². The Morgan fingerprint density at radius 3 is 2.54 bits per heavy atom. The van der Waals surface area contributed by atoms with Gasteiger partial charge in [-0.15, -0.1) is 0 Å². The first-order chi connectivity index (χ1) is 11.5. The van der Waals surface area contributed by atoms with Crippen LogP contribution in [0, 0.1) is 5.82 Å². The third-order valence-electron chi connectivity index (χ3n) is 3.79. The number of rotatable bonds is 4. The number of aromatic carboxylic acids is 1. The number of hydrogen-bond donors (Lipinski definition) is 1. The first-order valence-electron chi connectivity index (χ1n) is 7.19. The van der Waals surface area contributed by atoms with Crippen LogP contribution < -0.4 is 10.2 Å². The summed E-state index contributed by atoms with van der Waals surface area (Å²) in [4.78, 5) is 23.5. The Hall–Kier alpha value is -3.15. The van der Waals surface area contributed by atoms with Crippen molar-refractivity contribution >= 4 is 16.9 Å². The van der Waals surface area contributed by atoms with Gasteiger partial charge in [0.15, 0.2) is 0 Å². The van der Waals surface area contributed by atoms with Crippen LogP contribution in [0.1, 0.15) is 15.9 Å². The SMILES string of the molecule is COc1ccc(Cn2cc(C(=O)O)c(=O)c3cccc(F)c32)cc1. The molecule has 3 aromatic rings. The molecule has 0 saturated heterocycles. The van der Waals surface area contributed by atoms with E-state index < -0.39 is 17.2 Å². The van der Waals surface area contributed by atoms with Gasteiger partial charge in [0.25, 0.3) is 0 Å². The van der Waals surface area contributed by atoms with E-state index in [9.17, 15) is 19.1 Å². The number of aromatic nitrogens is 1. The average Bonchev–Trinajstić information content (AvgIpc) is 2.58. The Labute approximate surface area is 136 Å². The second-order valence-corrected chi connectivity index (χ2v) is 5.29. The van der Waals surface area contributed by atoms with E-state index in [4.69, 9.17) is 4.74 Å².